The van der Waals surface area contributed by atoms with E-state index in [1.165, 1.54) is 6.07 Å². The number of fused-ring (bicyclic) bond motifs is 1. The van der Waals surface area contributed by atoms with Crippen molar-refractivity contribution in [2.45, 2.75) is 19.3 Å². The number of carbonyl (C=O) groups is 1. The second-order valence-electron chi connectivity index (χ2n) is 6.44. The number of hydrogen-bond donors (Lipinski definition) is 2. The van der Waals surface area contributed by atoms with Crippen molar-refractivity contribution < 1.29 is 13.6 Å². The molecular weight excluding hydrogens is 300 g/mol. The van der Waals surface area contributed by atoms with Crippen molar-refractivity contribution in [1.82, 2.24) is 15.5 Å². The highest BCUT2D eigenvalue weighted by Gasteiger charge is 2.31. The first kappa shape index (κ1) is 16.2. The zero-order valence-corrected chi connectivity index (χ0v) is 13.2. The van der Waals surface area contributed by atoms with Crippen LogP contribution in [0.5, 0.6) is 0 Å². The fourth-order valence-corrected chi connectivity index (χ4v) is 3.58. The van der Waals surface area contributed by atoms with E-state index in [4.69, 9.17) is 0 Å². The van der Waals surface area contributed by atoms with E-state index in [2.05, 4.69) is 10.6 Å². The molecule has 0 radical (unpaired) electrons. The summed E-state index contributed by atoms with van der Waals surface area (Å²) >= 11 is 0. The van der Waals surface area contributed by atoms with Crippen molar-refractivity contribution in [2.24, 2.45) is 11.8 Å². The fourth-order valence-electron chi connectivity index (χ4n) is 3.58. The van der Waals surface area contributed by atoms with E-state index < -0.39 is 11.6 Å². The minimum absolute atomic E-state index is 0.102. The Hall–Kier alpha value is -1.69. The molecule has 2 fully saturated rings. The highest BCUT2D eigenvalue weighted by Crippen LogP contribution is 2.27. The van der Waals surface area contributed by atoms with Gasteiger partial charge >= 0.3 is 6.03 Å². The molecule has 0 unspecified atom stereocenters. The van der Waals surface area contributed by atoms with Crippen LogP contribution >= 0.6 is 0 Å². The van der Waals surface area contributed by atoms with Gasteiger partial charge in [-0.15, -0.1) is 0 Å². The normalized spacial score (nSPS) is 24.2. The van der Waals surface area contributed by atoms with Gasteiger partial charge in [0.15, 0.2) is 11.6 Å². The molecule has 2 heterocycles. The molecule has 126 valence electrons. The van der Waals surface area contributed by atoms with Crippen LogP contribution in [-0.4, -0.2) is 43.7 Å². The van der Waals surface area contributed by atoms with E-state index in [0.717, 1.165) is 45.1 Å². The standard InChI is InChI=1S/C17H23F2N3O/c18-15-3-1-2-12(16(15)19)4-7-21-17(23)22-8-5-13-10-20-11-14(13)6-9-22/h1-3,13-14,20H,4-11H2,(H,21,23)/t13-,14+. The molecule has 0 saturated carbocycles. The van der Waals surface area contributed by atoms with Gasteiger partial charge in [-0.25, -0.2) is 13.6 Å². The van der Waals surface area contributed by atoms with Gasteiger partial charge in [0, 0.05) is 19.6 Å². The van der Waals surface area contributed by atoms with Crippen molar-refractivity contribution in [3.63, 3.8) is 0 Å². The quantitative estimate of drug-likeness (QED) is 0.895. The smallest absolute Gasteiger partial charge is 0.317 e. The molecule has 2 N–H and O–H groups in total. The van der Waals surface area contributed by atoms with Crippen LogP contribution in [0, 0.1) is 23.5 Å². The molecule has 2 aliphatic heterocycles. The molecule has 1 aromatic carbocycles. The minimum atomic E-state index is -0.846. The Labute approximate surface area is 135 Å². The van der Waals surface area contributed by atoms with Crippen LogP contribution in [0.4, 0.5) is 13.6 Å². The number of halogens is 2. The van der Waals surface area contributed by atoms with E-state index in [0.29, 0.717) is 30.4 Å². The molecule has 2 atom stereocenters. The van der Waals surface area contributed by atoms with Crippen molar-refractivity contribution in [3.05, 3.63) is 35.4 Å². The van der Waals surface area contributed by atoms with Gasteiger partial charge in [0.1, 0.15) is 0 Å². The molecule has 23 heavy (non-hydrogen) atoms. The third-order valence-corrected chi connectivity index (χ3v) is 5.01. The molecule has 0 spiro atoms. The molecule has 4 nitrogen and oxygen atoms in total. The summed E-state index contributed by atoms with van der Waals surface area (Å²) in [5.74, 6) is -0.318. The summed E-state index contributed by atoms with van der Waals surface area (Å²) in [5, 5.41) is 6.24. The van der Waals surface area contributed by atoms with Gasteiger partial charge in [-0.05, 0) is 55.8 Å². The van der Waals surface area contributed by atoms with Crippen LogP contribution in [0.1, 0.15) is 18.4 Å². The molecule has 0 bridgehead atoms. The Bertz CT molecular complexity index is 553. The summed E-state index contributed by atoms with van der Waals surface area (Å²) in [6.07, 6.45) is 2.35. The van der Waals surface area contributed by atoms with Gasteiger partial charge in [-0.2, -0.15) is 0 Å². The molecule has 1 aromatic rings. The first-order valence-electron chi connectivity index (χ1n) is 8.31. The van der Waals surface area contributed by atoms with Gasteiger partial charge in [0.05, 0.1) is 0 Å². The van der Waals surface area contributed by atoms with E-state index in [1.54, 1.807) is 6.07 Å². The zero-order valence-electron chi connectivity index (χ0n) is 13.2. The molecular formula is C17H23F2N3O. The predicted octanol–water partition coefficient (Wildman–Crippen LogP) is 2.15. The topological polar surface area (TPSA) is 44.4 Å². The van der Waals surface area contributed by atoms with Crippen LogP contribution in [0.2, 0.25) is 0 Å². The molecule has 2 aliphatic rings. The van der Waals surface area contributed by atoms with Gasteiger partial charge in [-0.1, -0.05) is 12.1 Å². The number of urea groups is 1. The SMILES string of the molecule is O=C(NCCc1cccc(F)c1F)N1CC[C@@H]2CNC[C@@H]2CC1. The number of nitrogens with one attached hydrogen (secondary N) is 2. The monoisotopic (exact) mass is 323 g/mol. The lowest BCUT2D eigenvalue weighted by Crippen LogP contribution is -2.41. The van der Waals surface area contributed by atoms with Crippen molar-refractivity contribution in [1.29, 1.82) is 0 Å². The summed E-state index contributed by atoms with van der Waals surface area (Å²) in [4.78, 5) is 14.1. The number of likely N-dealkylation sites (tertiary alicyclic amines) is 1. The molecule has 2 saturated heterocycles. The third kappa shape index (κ3) is 3.80. The van der Waals surface area contributed by atoms with E-state index in [9.17, 15) is 13.6 Å². The Morgan fingerprint density at radius 3 is 2.61 bits per heavy atom. The average molecular weight is 323 g/mol. The van der Waals surface area contributed by atoms with Crippen molar-refractivity contribution in [2.75, 3.05) is 32.7 Å². The van der Waals surface area contributed by atoms with Crippen molar-refractivity contribution >= 4 is 6.03 Å². The maximum absolute atomic E-state index is 13.6. The van der Waals surface area contributed by atoms with Crippen LogP contribution in [-0.2, 0) is 6.42 Å². The van der Waals surface area contributed by atoms with Gasteiger partial charge in [-0.3, -0.25) is 0 Å². The second-order valence-corrected chi connectivity index (χ2v) is 6.44. The summed E-state index contributed by atoms with van der Waals surface area (Å²) < 4.78 is 26.7. The number of rotatable bonds is 3. The third-order valence-electron chi connectivity index (χ3n) is 5.01. The Morgan fingerprint density at radius 2 is 1.91 bits per heavy atom. The van der Waals surface area contributed by atoms with Gasteiger partial charge < -0.3 is 15.5 Å². The summed E-state index contributed by atoms with van der Waals surface area (Å²) in [6, 6.07) is 4.03. The molecule has 0 aromatic heterocycles. The lowest BCUT2D eigenvalue weighted by molar-refractivity contribution is 0.198. The highest BCUT2D eigenvalue weighted by atomic mass is 19.2. The first-order chi connectivity index (χ1) is 11.1. The summed E-state index contributed by atoms with van der Waals surface area (Å²) in [7, 11) is 0. The Morgan fingerprint density at radius 1 is 1.22 bits per heavy atom. The molecule has 6 heteroatoms. The Balaban J connectivity index is 1.47. The lowest BCUT2D eigenvalue weighted by atomic mass is 9.92. The predicted molar refractivity (Wildman–Crippen MR) is 84.1 cm³/mol. The Kier molecular flexibility index (Phi) is 5.10. The number of benzene rings is 1. The van der Waals surface area contributed by atoms with Gasteiger partial charge in [0.25, 0.3) is 0 Å². The average Bonchev–Trinajstić information content (AvgIpc) is 2.90. The largest absolute Gasteiger partial charge is 0.338 e. The maximum atomic E-state index is 13.6. The van der Waals surface area contributed by atoms with E-state index in [1.807, 2.05) is 4.90 Å². The number of nitrogens with zero attached hydrogens (tertiary/aromatic N) is 1. The first-order valence-corrected chi connectivity index (χ1v) is 8.31. The molecule has 2 amide bonds. The fraction of sp³-hybridized carbons (Fsp3) is 0.588. The van der Waals surface area contributed by atoms with Crippen LogP contribution in [0.25, 0.3) is 0 Å². The maximum Gasteiger partial charge on any atom is 0.317 e. The number of amides is 2. The van der Waals surface area contributed by atoms with Crippen LogP contribution in [0.3, 0.4) is 0 Å². The minimum Gasteiger partial charge on any atom is -0.338 e. The molecule has 3 rings (SSSR count). The highest BCUT2D eigenvalue weighted by molar-refractivity contribution is 5.74. The van der Waals surface area contributed by atoms with Crippen molar-refractivity contribution in [3.8, 4) is 0 Å². The van der Waals surface area contributed by atoms with Crippen LogP contribution in [0.15, 0.2) is 18.2 Å². The lowest BCUT2D eigenvalue weighted by Gasteiger charge is -2.21. The van der Waals surface area contributed by atoms with Gasteiger partial charge in [0.2, 0.25) is 0 Å². The number of carbonyl (C=O) groups excluding carboxylic acids is 1. The van der Waals surface area contributed by atoms with E-state index in [-0.39, 0.29) is 6.03 Å². The molecule has 0 aliphatic carbocycles. The second kappa shape index (κ2) is 7.25. The zero-order chi connectivity index (χ0) is 16.2. The summed E-state index contributed by atoms with van der Waals surface area (Å²) in [6.45, 7) is 3.95. The van der Waals surface area contributed by atoms with E-state index >= 15 is 0 Å². The van der Waals surface area contributed by atoms with Crippen LogP contribution < -0.4 is 10.6 Å². The number of hydrogen-bond acceptors (Lipinski definition) is 2. The summed E-state index contributed by atoms with van der Waals surface area (Å²) in [5.41, 5.74) is 0.293.